The molecule has 2 heteroatoms. The highest BCUT2D eigenvalue weighted by molar-refractivity contribution is 5.70. The highest BCUT2D eigenvalue weighted by atomic mass is 15.1. The highest BCUT2D eigenvalue weighted by Gasteiger charge is 2.19. The predicted molar refractivity (Wildman–Crippen MR) is 85.4 cm³/mol. The van der Waals surface area contributed by atoms with E-state index < -0.39 is 0 Å². The van der Waals surface area contributed by atoms with Gasteiger partial charge in [0.05, 0.1) is 0 Å². The summed E-state index contributed by atoms with van der Waals surface area (Å²) in [5.74, 6) is 0. The summed E-state index contributed by atoms with van der Waals surface area (Å²) < 4.78 is 0. The molecule has 0 bridgehead atoms. The van der Waals surface area contributed by atoms with Crippen LogP contribution in [0.2, 0.25) is 0 Å². The lowest BCUT2D eigenvalue weighted by Gasteiger charge is -2.28. The van der Waals surface area contributed by atoms with Gasteiger partial charge in [0.1, 0.15) is 0 Å². The Hall–Kier alpha value is -1.80. The summed E-state index contributed by atoms with van der Waals surface area (Å²) in [5, 5.41) is 0. The van der Waals surface area contributed by atoms with Crippen molar-refractivity contribution in [1.29, 1.82) is 0 Å². The Labute approximate surface area is 121 Å². The summed E-state index contributed by atoms with van der Waals surface area (Å²) in [6.45, 7) is 3.13. The molecule has 1 aliphatic rings. The molecule has 2 aromatic carbocycles. The summed E-state index contributed by atoms with van der Waals surface area (Å²) in [6.07, 6.45) is 3.66. The van der Waals surface area contributed by atoms with Crippen LogP contribution in [0.5, 0.6) is 0 Å². The predicted octanol–water partition coefficient (Wildman–Crippen LogP) is 4.18. The van der Waals surface area contributed by atoms with Crippen molar-refractivity contribution in [2.45, 2.75) is 32.2 Å². The van der Waals surface area contributed by atoms with Gasteiger partial charge in [-0.2, -0.15) is 0 Å². The zero-order valence-corrected chi connectivity index (χ0v) is 12.0. The molecule has 104 valence electrons. The maximum absolute atomic E-state index is 6.15. The number of nitrogens with two attached hydrogens (primary N) is 1. The Kier molecular flexibility index (Phi) is 3.75. The summed E-state index contributed by atoms with van der Waals surface area (Å²) in [7, 11) is 0. The molecule has 0 saturated heterocycles. The second-order valence-electron chi connectivity index (χ2n) is 5.58. The van der Waals surface area contributed by atoms with Crippen molar-refractivity contribution in [2.24, 2.45) is 5.73 Å². The van der Waals surface area contributed by atoms with Gasteiger partial charge < -0.3 is 10.6 Å². The first-order valence-corrected chi connectivity index (χ1v) is 7.47. The third-order valence-corrected chi connectivity index (χ3v) is 4.08. The van der Waals surface area contributed by atoms with Crippen molar-refractivity contribution < 1.29 is 0 Å². The minimum Gasteiger partial charge on any atom is -0.341 e. The van der Waals surface area contributed by atoms with E-state index >= 15 is 0 Å². The van der Waals surface area contributed by atoms with E-state index in [1.807, 2.05) is 0 Å². The average molecular weight is 266 g/mol. The summed E-state index contributed by atoms with van der Waals surface area (Å²) in [4.78, 5) is 2.45. The normalized spacial score (nSPS) is 16.4. The smallest absolute Gasteiger partial charge is 0.0459 e. The number of anilines is 2. The second kappa shape index (κ2) is 5.68. The van der Waals surface area contributed by atoms with Crippen molar-refractivity contribution in [1.82, 2.24) is 0 Å². The lowest BCUT2D eigenvalue weighted by molar-refractivity contribution is 0.753. The van der Waals surface area contributed by atoms with Gasteiger partial charge in [-0.3, -0.25) is 0 Å². The molecule has 3 rings (SSSR count). The van der Waals surface area contributed by atoms with Gasteiger partial charge in [-0.05, 0) is 49.4 Å². The summed E-state index contributed by atoms with van der Waals surface area (Å²) in [6, 6.07) is 17.3. The molecule has 20 heavy (non-hydrogen) atoms. The van der Waals surface area contributed by atoms with Crippen LogP contribution in [0.1, 0.15) is 36.9 Å². The van der Waals surface area contributed by atoms with E-state index in [0.29, 0.717) is 0 Å². The number of fused-ring (bicyclic) bond motifs is 1. The fourth-order valence-corrected chi connectivity index (χ4v) is 3.06. The van der Waals surface area contributed by atoms with Crippen LogP contribution in [0.3, 0.4) is 0 Å². The first-order valence-electron chi connectivity index (χ1n) is 7.47. The lowest BCUT2D eigenvalue weighted by atomic mass is 10.0. The molecule has 2 N–H and O–H groups in total. The molecule has 0 spiro atoms. The Morgan fingerprint density at radius 2 is 1.65 bits per heavy atom. The van der Waals surface area contributed by atoms with Crippen LogP contribution in [-0.2, 0) is 6.42 Å². The molecule has 1 atom stereocenters. The highest BCUT2D eigenvalue weighted by Crippen LogP contribution is 2.35. The minimum absolute atomic E-state index is 0.0571. The van der Waals surface area contributed by atoms with Gasteiger partial charge in [0, 0.05) is 24.0 Å². The molecule has 0 amide bonds. The van der Waals surface area contributed by atoms with Crippen LogP contribution in [0, 0.1) is 0 Å². The zero-order chi connectivity index (χ0) is 13.9. The zero-order valence-electron chi connectivity index (χ0n) is 12.0. The molecular weight excluding hydrogens is 244 g/mol. The molecule has 2 aromatic rings. The molecule has 0 radical (unpaired) electrons. The Balaban J connectivity index is 2.10. The van der Waals surface area contributed by atoms with Crippen LogP contribution in [-0.4, -0.2) is 6.54 Å². The van der Waals surface area contributed by atoms with Crippen LogP contribution in [0.4, 0.5) is 11.4 Å². The minimum atomic E-state index is 0.0571. The standard InChI is InChI=1S/C18H22N2/c1-14(19)16-10-3-5-12-18(16)20-13-7-6-9-15-8-2-4-11-17(15)20/h2-5,8,10-12,14H,6-7,9,13,19H2,1H3/t14-/m1/s1. The van der Waals surface area contributed by atoms with Gasteiger partial charge in [0.15, 0.2) is 0 Å². The van der Waals surface area contributed by atoms with Crippen molar-refractivity contribution in [2.75, 3.05) is 11.4 Å². The van der Waals surface area contributed by atoms with Gasteiger partial charge in [-0.1, -0.05) is 36.4 Å². The second-order valence-corrected chi connectivity index (χ2v) is 5.58. The van der Waals surface area contributed by atoms with E-state index in [0.717, 1.165) is 6.54 Å². The topological polar surface area (TPSA) is 29.3 Å². The van der Waals surface area contributed by atoms with Crippen LogP contribution in [0.15, 0.2) is 48.5 Å². The van der Waals surface area contributed by atoms with Gasteiger partial charge in [0.2, 0.25) is 0 Å². The first kappa shape index (κ1) is 13.2. The Bertz CT molecular complexity index is 589. The monoisotopic (exact) mass is 266 g/mol. The third-order valence-electron chi connectivity index (χ3n) is 4.08. The number of benzene rings is 2. The van der Waals surface area contributed by atoms with E-state index in [-0.39, 0.29) is 6.04 Å². The van der Waals surface area contributed by atoms with Crippen molar-refractivity contribution in [3.8, 4) is 0 Å². The molecule has 1 aliphatic heterocycles. The van der Waals surface area contributed by atoms with Gasteiger partial charge >= 0.3 is 0 Å². The number of rotatable bonds is 2. The molecule has 1 heterocycles. The number of hydrogen-bond donors (Lipinski definition) is 1. The van der Waals surface area contributed by atoms with Gasteiger partial charge in [-0.15, -0.1) is 0 Å². The molecule has 0 fully saturated rings. The van der Waals surface area contributed by atoms with Crippen molar-refractivity contribution in [3.63, 3.8) is 0 Å². The number of para-hydroxylation sites is 2. The number of hydrogen-bond acceptors (Lipinski definition) is 2. The maximum Gasteiger partial charge on any atom is 0.0459 e. The van der Waals surface area contributed by atoms with Crippen LogP contribution >= 0.6 is 0 Å². The lowest BCUT2D eigenvalue weighted by Crippen LogP contribution is -2.21. The number of nitrogens with zero attached hydrogens (tertiary/aromatic N) is 1. The molecule has 0 saturated carbocycles. The van der Waals surface area contributed by atoms with E-state index in [1.54, 1.807) is 0 Å². The molecule has 0 aromatic heterocycles. The summed E-state index contributed by atoms with van der Waals surface area (Å²) in [5.41, 5.74) is 11.4. The van der Waals surface area contributed by atoms with Gasteiger partial charge in [0.25, 0.3) is 0 Å². The summed E-state index contributed by atoms with van der Waals surface area (Å²) >= 11 is 0. The van der Waals surface area contributed by atoms with E-state index in [4.69, 9.17) is 5.73 Å². The van der Waals surface area contributed by atoms with Crippen molar-refractivity contribution >= 4 is 11.4 Å². The van der Waals surface area contributed by atoms with E-state index in [2.05, 4.69) is 60.4 Å². The van der Waals surface area contributed by atoms with E-state index in [1.165, 1.54) is 41.8 Å². The molecule has 0 aliphatic carbocycles. The van der Waals surface area contributed by atoms with E-state index in [9.17, 15) is 0 Å². The average Bonchev–Trinajstić information content (AvgIpc) is 2.69. The van der Waals surface area contributed by atoms with Crippen LogP contribution < -0.4 is 10.6 Å². The Morgan fingerprint density at radius 3 is 2.45 bits per heavy atom. The van der Waals surface area contributed by atoms with Gasteiger partial charge in [-0.25, -0.2) is 0 Å². The Morgan fingerprint density at radius 1 is 0.950 bits per heavy atom. The first-order chi connectivity index (χ1) is 9.77. The third kappa shape index (κ3) is 2.44. The maximum atomic E-state index is 6.15. The fourth-order valence-electron chi connectivity index (χ4n) is 3.06. The largest absolute Gasteiger partial charge is 0.341 e. The fraction of sp³-hybridized carbons (Fsp3) is 0.333. The quantitative estimate of drug-likeness (QED) is 0.883. The van der Waals surface area contributed by atoms with Crippen molar-refractivity contribution in [3.05, 3.63) is 59.7 Å². The SMILES string of the molecule is C[C@@H](N)c1ccccc1N1CCCCc2ccccc21. The number of aryl methyl sites for hydroxylation is 1. The molecule has 0 unspecified atom stereocenters. The molecule has 2 nitrogen and oxygen atoms in total. The molecular formula is C18H22N2. The van der Waals surface area contributed by atoms with Crippen LogP contribution in [0.25, 0.3) is 0 Å².